The largest absolute Gasteiger partial charge is 0.700 e. The number of rotatable bonds is 11. The highest BCUT2D eigenvalue weighted by Gasteiger charge is 2.35. The van der Waals surface area contributed by atoms with E-state index in [1.54, 1.807) is 0 Å². The van der Waals surface area contributed by atoms with E-state index in [-0.39, 0.29) is 13.2 Å². The Hall–Kier alpha value is -0.0000000000000000208. The Morgan fingerprint density at radius 2 is 1.41 bits per heavy atom. The van der Waals surface area contributed by atoms with E-state index in [2.05, 4.69) is 0 Å². The maximum atomic E-state index is 11.1. The summed E-state index contributed by atoms with van der Waals surface area (Å²) in [6, 6.07) is 0. The molecule has 0 aromatic heterocycles. The molecule has 0 aliphatic carbocycles. The third kappa shape index (κ3) is 9.68. The molecule has 17 heavy (non-hydrogen) atoms. The zero-order chi connectivity index (χ0) is 13.1. The van der Waals surface area contributed by atoms with Gasteiger partial charge in [-0.3, -0.25) is 0 Å². The van der Waals surface area contributed by atoms with Crippen LogP contribution in [-0.2, 0) is 27.2 Å². The Balaban J connectivity index is 3.89. The molecule has 9 heteroatoms. The predicted molar refractivity (Wildman–Crippen MR) is 60.7 cm³/mol. The van der Waals surface area contributed by atoms with E-state index in [1.165, 1.54) is 0 Å². The first-order valence-electron chi connectivity index (χ1n) is 5.28. The smallest absolute Gasteiger partial charge is 0.391 e. The van der Waals surface area contributed by atoms with E-state index in [9.17, 15) is 9.13 Å². The summed E-state index contributed by atoms with van der Waals surface area (Å²) in [5.74, 6) is 0. The van der Waals surface area contributed by atoms with Gasteiger partial charge in [-0.05, 0) is 12.8 Å². The van der Waals surface area contributed by atoms with Crippen molar-refractivity contribution in [2.75, 3.05) is 19.8 Å². The monoisotopic (exact) mass is 288 g/mol. The molecule has 2 unspecified atom stereocenters. The van der Waals surface area contributed by atoms with E-state index in [1.807, 2.05) is 13.8 Å². The van der Waals surface area contributed by atoms with Crippen molar-refractivity contribution >= 4 is 16.5 Å². The summed E-state index contributed by atoms with van der Waals surface area (Å²) in [5, 5.41) is 8.86. The van der Waals surface area contributed by atoms with E-state index in [0.29, 0.717) is 12.8 Å². The SMILES string of the molecule is CCCO[P+](=O)OC(CO)O[P+](=O)OCCC. The van der Waals surface area contributed by atoms with Crippen molar-refractivity contribution in [1.29, 1.82) is 0 Å². The molecule has 0 fully saturated rings. The molecule has 0 rings (SSSR count). The van der Waals surface area contributed by atoms with Gasteiger partial charge in [0.05, 0.1) is 0 Å². The molecular formula is C8H18O7P2+2. The van der Waals surface area contributed by atoms with Crippen LogP contribution in [0, 0.1) is 0 Å². The molecule has 1 N–H and O–H groups in total. The van der Waals surface area contributed by atoms with Crippen molar-refractivity contribution in [1.82, 2.24) is 0 Å². The molecular weight excluding hydrogens is 270 g/mol. The zero-order valence-corrected chi connectivity index (χ0v) is 11.7. The van der Waals surface area contributed by atoms with Crippen LogP contribution in [0.15, 0.2) is 0 Å². The van der Waals surface area contributed by atoms with Gasteiger partial charge >= 0.3 is 16.5 Å². The summed E-state index contributed by atoms with van der Waals surface area (Å²) < 4.78 is 41.2. The molecule has 0 amide bonds. The Labute approximate surface area is 102 Å². The van der Waals surface area contributed by atoms with E-state index < -0.39 is 29.4 Å². The lowest BCUT2D eigenvalue weighted by Gasteiger charge is -1.98. The van der Waals surface area contributed by atoms with Crippen LogP contribution < -0.4 is 0 Å². The highest BCUT2D eigenvalue weighted by Crippen LogP contribution is 2.32. The van der Waals surface area contributed by atoms with Crippen LogP contribution in [-0.4, -0.2) is 31.2 Å². The maximum absolute atomic E-state index is 11.1. The van der Waals surface area contributed by atoms with Crippen LogP contribution in [0.5, 0.6) is 0 Å². The average Bonchev–Trinajstić information content (AvgIpc) is 2.32. The molecule has 0 aromatic carbocycles. The Morgan fingerprint density at radius 1 is 1.00 bits per heavy atom. The van der Waals surface area contributed by atoms with Crippen molar-refractivity contribution < 1.29 is 32.3 Å². The normalized spacial score (nSPS) is 14.5. The number of aliphatic hydroxyl groups excluding tert-OH is 1. The summed E-state index contributed by atoms with van der Waals surface area (Å²) in [7, 11) is -4.79. The fourth-order valence-electron chi connectivity index (χ4n) is 0.670. The fourth-order valence-corrected chi connectivity index (χ4v) is 2.13. The zero-order valence-electron chi connectivity index (χ0n) is 9.90. The molecule has 0 saturated carbocycles. The Morgan fingerprint density at radius 3 is 1.71 bits per heavy atom. The van der Waals surface area contributed by atoms with Gasteiger partial charge in [0.25, 0.3) is 6.29 Å². The van der Waals surface area contributed by atoms with E-state index >= 15 is 0 Å². The predicted octanol–water partition coefficient (Wildman–Crippen LogP) is 2.51. The van der Waals surface area contributed by atoms with Crippen LogP contribution in [0.1, 0.15) is 26.7 Å². The minimum atomic E-state index is -2.39. The van der Waals surface area contributed by atoms with Crippen molar-refractivity contribution in [3.8, 4) is 0 Å². The van der Waals surface area contributed by atoms with Gasteiger partial charge in [-0.15, -0.1) is 9.05 Å². The third-order valence-corrected chi connectivity index (χ3v) is 2.96. The van der Waals surface area contributed by atoms with Crippen LogP contribution >= 0.6 is 16.5 Å². The fraction of sp³-hybridized carbons (Fsp3) is 1.00. The van der Waals surface area contributed by atoms with Gasteiger partial charge in [0.15, 0.2) is 0 Å². The van der Waals surface area contributed by atoms with Gasteiger partial charge in [0.2, 0.25) is 0 Å². The van der Waals surface area contributed by atoms with Crippen molar-refractivity contribution in [3.63, 3.8) is 0 Å². The number of hydrogen-bond acceptors (Lipinski definition) is 7. The molecule has 2 atom stereocenters. The molecule has 0 aliphatic rings. The molecule has 0 radical (unpaired) electrons. The van der Waals surface area contributed by atoms with Gasteiger partial charge in [-0.2, -0.15) is 0 Å². The average molecular weight is 288 g/mol. The first-order chi connectivity index (χ1) is 8.13. The second-order valence-corrected chi connectivity index (χ2v) is 4.77. The lowest BCUT2D eigenvalue weighted by atomic mass is 10.5. The second kappa shape index (κ2) is 11.1. The first-order valence-corrected chi connectivity index (χ1v) is 7.47. The third-order valence-electron chi connectivity index (χ3n) is 1.36. The molecule has 0 aliphatic heterocycles. The van der Waals surface area contributed by atoms with Gasteiger partial charge in [0.1, 0.15) is 19.8 Å². The van der Waals surface area contributed by atoms with Crippen molar-refractivity contribution in [3.05, 3.63) is 0 Å². The molecule has 100 valence electrons. The number of aliphatic hydroxyl groups is 1. The molecule has 0 saturated heterocycles. The number of hydrogen-bond donors (Lipinski definition) is 1. The van der Waals surface area contributed by atoms with Crippen LogP contribution in [0.25, 0.3) is 0 Å². The lowest BCUT2D eigenvalue weighted by molar-refractivity contribution is -0.0428. The summed E-state index contributed by atoms with van der Waals surface area (Å²) in [6.45, 7) is 3.64. The Kier molecular flexibility index (Phi) is 11.1. The summed E-state index contributed by atoms with van der Waals surface area (Å²) in [5.41, 5.74) is 0. The quantitative estimate of drug-likeness (QED) is 0.461. The van der Waals surface area contributed by atoms with E-state index in [4.69, 9.17) is 23.2 Å². The molecule has 0 spiro atoms. The molecule has 0 aromatic rings. The molecule has 0 heterocycles. The van der Waals surface area contributed by atoms with Gasteiger partial charge in [0, 0.05) is 9.13 Å². The Bertz CT molecular complexity index is 214. The lowest BCUT2D eigenvalue weighted by Crippen LogP contribution is -2.16. The summed E-state index contributed by atoms with van der Waals surface area (Å²) in [4.78, 5) is 0. The molecule has 7 nitrogen and oxygen atoms in total. The van der Waals surface area contributed by atoms with Crippen LogP contribution in [0.4, 0.5) is 0 Å². The van der Waals surface area contributed by atoms with Gasteiger partial charge in [-0.1, -0.05) is 22.9 Å². The summed E-state index contributed by atoms with van der Waals surface area (Å²) in [6.07, 6.45) is 0.0854. The minimum absolute atomic E-state index is 0.270. The minimum Gasteiger partial charge on any atom is -0.391 e. The highest BCUT2D eigenvalue weighted by atomic mass is 31.1. The topological polar surface area (TPSA) is 91.3 Å². The van der Waals surface area contributed by atoms with Crippen molar-refractivity contribution in [2.24, 2.45) is 0 Å². The van der Waals surface area contributed by atoms with E-state index in [0.717, 1.165) is 0 Å². The van der Waals surface area contributed by atoms with Gasteiger partial charge in [-0.25, -0.2) is 0 Å². The standard InChI is InChI=1S/C8H18O7P2/c1-3-5-12-16(10)14-8(7-9)15-17(11)13-6-4-2/h8-9H,3-7H2,1-2H3/q+2. The van der Waals surface area contributed by atoms with Crippen LogP contribution in [0.2, 0.25) is 0 Å². The second-order valence-electron chi connectivity index (χ2n) is 2.94. The maximum Gasteiger partial charge on any atom is 0.700 e. The van der Waals surface area contributed by atoms with Gasteiger partial charge < -0.3 is 5.11 Å². The van der Waals surface area contributed by atoms with Crippen LogP contribution in [0.3, 0.4) is 0 Å². The highest BCUT2D eigenvalue weighted by molar-refractivity contribution is 7.34. The first kappa shape index (κ1) is 17.0. The van der Waals surface area contributed by atoms with Crippen molar-refractivity contribution in [2.45, 2.75) is 33.0 Å². The summed E-state index contributed by atoms with van der Waals surface area (Å²) >= 11 is 0. The molecule has 0 bridgehead atoms.